The van der Waals surface area contributed by atoms with E-state index in [1.54, 1.807) is 11.0 Å². The SMILES string of the molecule is C=CCN(CCN1CCOCC1)C(=O)C1N(CCO)C(=O)[C@@H]2[C@H](C(=O)O)[C@@H]3CC(C)C12S3. The fourth-order valence-corrected chi connectivity index (χ4v) is 8.55. The Morgan fingerprint density at radius 1 is 1.34 bits per heavy atom. The Morgan fingerprint density at radius 2 is 2.06 bits per heavy atom. The van der Waals surface area contributed by atoms with E-state index >= 15 is 0 Å². The third-order valence-electron chi connectivity index (χ3n) is 7.56. The van der Waals surface area contributed by atoms with Gasteiger partial charge in [-0.3, -0.25) is 19.3 Å². The maximum Gasteiger partial charge on any atom is 0.308 e. The monoisotopic (exact) mass is 467 g/mol. The molecule has 9 nitrogen and oxygen atoms in total. The minimum Gasteiger partial charge on any atom is -0.481 e. The molecule has 6 atom stereocenters. The van der Waals surface area contributed by atoms with Gasteiger partial charge < -0.3 is 24.7 Å². The van der Waals surface area contributed by atoms with Crippen LogP contribution in [-0.2, 0) is 19.1 Å². The summed E-state index contributed by atoms with van der Waals surface area (Å²) in [5, 5.41) is 19.4. The van der Waals surface area contributed by atoms with Crippen molar-refractivity contribution in [2.75, 3.05) is 59.1 Å². The van der Waals surface area contributed by atoms with E-state index in [0.717, 1.165) is 13.1 Å². The van der Waals surface area contributed by atoms with Crippen LogP contribution in [0.5, 0.6) is 0 Å². The molecule has 0 saturated carbocycles. The molecule has 4 rings (SSSR count). The van der Waals surface area contributed by atoms with Crippen molar-refractivity contribution < 1.29 is 29.3 Å². The molecular weight excluding hydrogens is 434 g/mol. The van der Waals surface area contributed by atoms with Crippen molar-refractivity contribution in [2.45, 2.75) is 29.4 Å². The molecule has 0 aromatic rings. The molecular formula is C22H33N3O6S. The molecule has 2 bridgehead atoms. The normalized spacial score (nSPS) is 36.4. The van der Waals surface area contributed by atoms with Crippen LogP contribution < -0.4 is 0 Å². The van der Waals surface area contributed by atoms with Gasteiger partial charge in [0.25, 0.3) is 0 Å². The van der Waals surface area contributed by atoms with Crippen molar-refractivity contribution in [1.29, 1.82) is 0 Å². The molecule has 4 heterocycles. The molecule has 0 radical (unpaired) electrons. The number of carbonyl (C=O) groups is 3. The molecule has 0 aliphatic carbocycles. The Morgan fingerprint density at radius 3 is 2.69 bits per heavy atom. The number of fused-ring (bicyclic) bond motifs is 1. The van der Waals surface area contributed by atoms with E-state index in [9.17, 15) is 24.6 Å². The van der Waals surface area contributed by atoms with Crippen molar-refractivity contribution in [1.82, 2.24) is 14.7 Å². The standard InChI is InChI=1S/C22H33N3O6S/c1-3-4-24(6-5-23-8-11-31-12-9-23)20(28)18-22-14(2)13-15(32-22)16(21(29)30)17(22)19(27)25(18)7-10-26/h3,14-18,26H,1,4-13H2,2H3,(H,29,30)/t14?,15-,16+,17-,18?,22?/m0/s1. The van der Waals surface area contributed by atoms with Gasteiger partial charge >= 0.3 is 5.97 Å². The molecule has 2 N–H and O–H groups in total. The Kier molecular flexibility index (Phi) is 6.86. The highest BCUT2D eigenvalue weighted by molar-refractivity contribution is 8.02. The van der Waals surface area contributed by atoms with Crippen molar-refractivity contribution in [3.05, 3.63) is 12.7 Å². The van der Waals surface area contributed by atoms with Crippen LogP contribution in [0, 0.1) is 17.8 Å². The Balaban J connectivity index is 1.63. The van der Waals surface area contributed by atoms with Crippen LogP contribution in [-0.4, -0.2) is 118 Å². The molecule has 4 fully saturated rings. The first-order valence-electron chi connectivity index (χ1n) is 11.4. The molecule has 10 heteroatoms. The number of carboxylic acids is 1. The number of β-amino-alcohol motifs (C(OH)–C–C–N with tert-alkyl or cyclic N) is 1. The summed E-state index contributed by atoms with van der Waals surface area (Å²) in [5.41, 5.74) is 0. The Hall–Kier alpha value is -1.62. The van der Waals surface area contributed by atoms with Crippen LogP contribution in [0.1, 0.15) is 13.3 Å². The van der Waals surface area contributed by atoms with E-state index in [-0.39, 0.29) is 36.1 Å². The van der Waals surface area contributed by atoms with Crippen LogP contribution in [0.2, 0.25) is 0 Å². The number of nitrogens with zero attached hydrogens (tertiary/aromatic N) is 3. The van der Waals surface area contributed by atoms with Gasteiger partial charge in [0.15, 0.2) is 0 Å². The molecule has 4 aliphatic heterocycles. The van der Waals surface area contributed by atoms with E-state index in [4.69, 9.17) is 4.74 Å². The number of aliphatic hydroxyl groups excluding tert-OH is 1. The fourth-order valence-electron chi connectivity index (χ4n) is 6.14. The summed E-state index contributed by atoms with van der Waals surface area (Å²) < 4.78 is 4.63. The maximum absolute atomic E-state index is 14.0. The average Bonchev–Trinajstić information content (AvgIpc) is 3.36. The Bertz CT molecular complexity index is 775. The third kappa shape index (κ3) is 3.65. The van der Waals surface area contributed by atoms with Crippen LogP contribution in [0.4, 0.5) is 0 Å². The number of hydrogen-bond acceptors (Lipinski definition) is 7. The molecule has 0 aromatic carbocycles. The minimum absolute atomic E-state index is 0.0309. The topological polar surface area (TPSA) is 111 Å². The summed E-state index contributed by atoms with van der Waals surface area (Å²) in [6.45, 7) is 10.1. The van der Waals surface area contributed by atoms with Crippen molar-refractivity contribution in [3.63, 3.8) is 0 Å². The number of ether oxygens (including phenoxy) is 1. The van der Waals surface area contributed by atoms with Crippen LogP contribution in [0.3, 0.4) is 0 Å². The summed E-state index contributed by atoms with van der Waals surface area (Å²) in [4.78, 5) is 45.0. The number of carbonyl (C=O) groups excluding carboxylic acids is 2. The van der Waals surface area contributed by atoms with Gasteiger partial charge in [-0.05, 0) is 12.3 Å². The molecule has 2 amide bonds. The molecule has 0 aromatic heterocycles. The van der Waals surface area contributed by atoms with Crippen LogP contribution >= 0.6 is 11.8 Å². The van der Waals surface area contributed by atoms with Crippen LogP contribution in [0.25, 0.3) is 0 Å². The van der Waals surface area contributed by atoms with Gasteiger partial charge in [-0.1, -0.05) is 13.0 Å². The number of rotatable bonds is 9. The molecule has 4 aliphatic rings. The van der Waals surface area contributed by atoms with Gasteiger partial charge in [-0.25, -0.2) is 0 Å². The van der Waals surface area contributed by atoms with E-state index in [0.29, 0.717) is 39.3 Å². The van der Waals surface area contributed by atoms with Gasteiger partial charge in [-0.15, -0.1) is 18.3 Å². The number of aliphatic carboxylic acids is 1. The lowest BCUT2D eigenvalue weighted by atomic mass is 9.66. The van der Waals surface area contributed by atoms with Gasteiger partial charge in [-0.2, -0.15) is 0 Å². The lowest BCUT2D eigenvalue weighted by molar-refractivity contribution is -0.149. The van der Waals surface area contributed by atoms with Gasteiger partial charge in [0.2, 0.25) is 11.8 Å². The number of likely N-dealkylation sites (tertiary alicyclic amines) is 1. The minimum atomic E-state index is -0.970. The van der Waals surface area contributed by atoms with E-state index in [2.05, 4.69) is 11.5 Å². The average molecular weight is 468 g/mol. The lowest BCUT2D eigenvalue weighted by Crippen LogP contribution is -2.58. The van der Waals surface area contributed by atoms with Gasteiger partial charge in [0.1, 0.15) is 6.04 Å². The van der Waals surface area contributed by atoms with Gasteiger partial charge in [0.05, 0.1) is 36.4 Å². The second-order valence-electron chi connectivity index (χ2n) is 9.17. The van der Waals surface area contributed by atoms with E-state index in [1.807, 2.05) is 6.92 Å². The predicted octanol–water partition coefficient (Wildman–Crippen LogP) is -0.253. The maximum atomic E-state index is 14.0. The van der Waals surface area contributed by atoms with Gasteiger partial charge in [0, 0.05) is 44.5 Å². The zero-order valence-electron chi connectivity index (χ0n) is 18.5. The number of aliphatic hydroxyl groups is 1. The van der Waals surface area contributed by atoms with E-state index in [1.165, 1.54) is 16.7 Å². The highest BCUT2D eigenvalue weighted by Gasteiger charge is 2.76. The smallest absolute Gasteiger partial charge is 0.308 e. The summed E-state index contributed by atoms with van der Waals surface area (Å²) >= 11 is 1.52. The lowest BCUT2D eigenvalue weighted by Gasteiger charge is -2.40. The van der Waals surface area contributed by atoms with Crippen molar-refractivity contribution >= 4 is 29.5 Å². The summed E-state index contributed by atoms with van der Waals surface area (Å²) in [6.07, 6.45) is 2.36. The first kappa shape index (κ1) is 23.5. The number of carboxylic acid groups (broad SMARTS) is 1. The number of morpholine rings is 1. The first-order chi connectivity index (χ1) is 15.4. The second-order valence-corrected chi connectivity index (χ2v) is 10.7. The molecule has 178 valence electrons. The number of hydrogen-bond donors (Lipinski definition) is 2. The first-order valence-corrected chi connectivity index (χ1v) is 12.3. The number of thioether (sulfide) groups is 1. The summed E-state index contributed by atoms with van der Waals surface area (Å²) in [7, 11) is 0. The zero-order chi connectivity index (χ0) is 23.0. The third-order valence-corrected chi connectivity index (χ3v) is 9.63. The molecule has 1 spiro atoms. The van der Waals surface area contributed by atoms with E-state index < -0.39 is 28.6 Å². The highest BCUT2D eigenvalue weighted by Crippen LogP contribution is 2.68. The summed E-state index contributed by atoms with van der Waals surface area (Å²) in [6, 6.07) is -0.772. The summed E-state index contributed by atoms with van der Waals surface area (Å²) in [5.74, 6) is -2.94. The molecule has 32 heavy (non-hydrogen) atoms. The van der Waals surface area contributed by atoms with Crippen LogP contribution in [0.15, 0.2) is 12.7 Å². The number of amides is 2. The quantitative estimate of drug-likeness (QED) is 0.447. The van der Waals surface area contributed by atoms with Crippen molar-refractivity contribution in [3.8, 4) is 0 Å². The second kappa shape index (κ2) is 9.32. The molecule has 4 saturated heterocycles. The largest absolute Gasteiger partial charge is 0.481 e. The fraction of sp³-hybridized carbons (Fsp3) is 0.773. The highest BCUT2D eigenvalue weighted by atomic mass is 32.2. The molecule has 3 unspecified atom stereocenters. The van der Waals surface area contributed by atoms with Crippen molar-refractivity contribution in [2.24, 2.45) is 17.8 Å². The Labute approximate surface area is 192 Å². The predicted molar refractivity (Wildman–Crippen MR) is 119 cm³/mol. The zero-order valence-corrected chi connectivity index (χ0v) is 19.3.